The van der Waals surface area contributed by atoms with Gasteiger partial charge in [-0.3, -0.25) is 19.5 Å². The summed E-state index contributed by atoms with van der Waals surface area (Å²) in [6, 6.07) is 13.0. The van der Waals surface area contributed by atoms with E-state index >= 15 is 0 Å². The van der Waals surface area contributed by atoms with Crippen molar-refractivity contribution in [2.24, 2.45) is 0 Å². The first-order valence-electron chi connectivity index (χ1n) is 11.6. The number of hydrogen-bond acceptors (Lipinski definition) is 4. The normalized spacial score (nSPS) is 16.4. The van der Waals surface area contributed by atoms with Crippen LogP contribution in [0.25, 0.3) is 0 Å². The lowest BCUT2D eigenvalue weighted by atomic mass is 10.1. The predicted molar refractivity (Wildman–Crippen MR) is 124 cm³/mol. The molecule has 6 nitrogen and oxygen atoms in total. The van der Waals surface area contributed by atoms with Crippen LogP contribution in [0.3, 0.4) is 0 Å². The highest BCUT2D eigenvalue weighted by Gasteiger charge is 2.29. The van der Waals surface area contributed by atoms with Crippen molar-refractivity contribution >= 4 is 17.5 Å². The Morgan fingerprint density at radius 2 is 1.68 bits per heavy atom. The van der Waals surface area contributed by atoms with Crippen LogP contribution in [0.4, 0.5) is 18.9 Å². The fraction of sp³-hybridized carbons (Fsp3) is 0.480. The van der Waals surface area contributed by atoms with Gasteiger partial charge in [0.15, 0.2) is 0 Å². The highest BCUT2D eigenvalue weighted by molar-refractivity contribution is 5.92. The van der Waals surface area contributed by atoms with E-state index in [1.165, 1.54) is 11.8 Å². The van der Waals surface area contributed by atoms with Crippen molar-refractivity contribution in [3.8, 4) is 0 Å². The molecule has 34 heavy (non-hydrogen) atoms. The molecule has 3 rings (SSSR count). The molecular formula is C25H31F3N4O2. The van der Waals surface area contributed by atoms with Crippen LogP contribution in [0.1, 0.15) is 43.9 Å². The zero-order valence-corrected chi connectivity index (χ0v) is 19.4. The summed E-state index contributed by atoms with van der Waals surface area (Å²) in [6.45, 7) is 4.53. The van der Waals surface area contributed by atoms with E-state index in [1.807, 2.05) is 42.5 Å². The SMILES string of the molecule is CC(=O)N1CCCN(Cc2ccccn2)CCCN(C(=O)CCC(F)(F)F)Cc2ccccc21. The van der Waals surface area contributed by atoms with Crippen molar-refractivity contribution in [2.75, 3.05) is 31.1 Å². The number of benzene rings is 1. The largest absolute Gasteiger partial charge is 0.389 e. The molecule has 1 aliphatic heterocycles. The molecule has 0 atom stereocenters. The molecule has 0 radical (unpaired) electrons. The van der Waals surface area contributed by atoms with E-state index in [9.17, 15) is 22.8 Å². The number of halogens is 3. The van der Waals surface area contributed by atoms with Crippen LogP contribution in [-0.4, -0.2) is 59.0 Å². The summed E-state index contributed by atoms with van der Waals surface area (Å²) in [6.07, 6.45) is -2.99. The quantitative estimate of drug-likeness (QED) is 0.656. The molecule has 0 N–H and O–H groups in total. The third kappa shape index (κ3) is 7.83. The number of fused-ring (bicyclic) bond motifs is 1. The Bertz CT molecular complexity index is 953. The Morgan fingerprint density at radius 1 is 0.971 bits per heavy atom. The molecule has 0 saturated carbocycles. The first kappa shape index (κ1) is 25.7. The number of para-hydroxylation sites is 1. The van der Waals surface area contributed by atoms with Gasteiger partial charge in [-0.05, 0) is 36.6 Å². The minimum Gasteiger partial charge on any atom is -0.338 e. The van der Waals surface area contributed by atoms with Gasteiger partial charge in [0.25, 0.3) is 0 Å². The lowest BCUT2D eigenvalue weighted by Crippen LogP contribution is -2.38. The molecular weight excluding hydrogens is 445 g/mol. The lowest BCUT2D eigenvalue weighted by Gasteiger charge is -2.31. The molecule has 0 unspecified atom stereocenters. The standard InChI is InChI=1S/C25H31F3N4O2/c1-20(33)32-17-7-15-30(19-22-9-4-5-13-29-22)14-6-16-31(24(34)11-12-25(26,27)28)18-21-8-2-3-10-23(21)32/h2-5,8-10,13H,6-7,11-12,14-19H2,1H3. The van der Waals surface area contributed by atoms with E-state index < -0.39 is 24.9 Å². The Hall–Kier alpha value is -2.94. The molecule has 1 aromatic carbocycles. The van der Waals surface area contributed by atoms with Gasteiger partial charge < -0.3 is 9.80 Å². The summed E-state index contributed by atoms with van der Waals surface area (Å²) >= 11 is 0. The fourth-order valence-electron chi connectivity index (χ4n) is 4.19. The molecule has 2 amide bonds. The third-order valence-electron chi connectivity index (χ3n) is 5.87. The second-order valence-electron chi connectivity index (χ2n) is 8.53. The molecule has 0 bridgehead atoms. The van der Waals surface area contributed by atoms with E-state index in [1.54, 1.807) is 11.1 Å². The molecule has 0 fully saturated rings. The number of carbonyl (C=O) groups is 2. The number of pyridine rings is 1. The van der Waals surface area contributed by atoms with E-state index in [2.05, 4.69) is 9.88 Å². The summed E-state index contributed by atoms with van der Waals surface area (Å²) in [4.78, 5) is 35.0. The molecule has 0 aliphatic carbocycles. The highest BCUT2D eigenvalue weighted by atomic mass is 19.4. The summed E-state index contributed by atoms with van der Waals surface area (Å²) in [7, 11) is 0. The maximum Gasteiger partial charge on any atom is 0.389 e. The number of amides is 2. The van der Waals surface area contributed by atoms with Crippen LogP contribution < -0.4 is 4.90 Å². The van der Waals surface area contributed by atoms with Gasteiger partial charge in [0.1, 0.15) is 0 Å². The van der Waals surface area contributed by atoms with Gasteiger partial charge in [-0.2, -0.15) is 13.2 Å². The van der Waals surface area contributed by atoms with Crippen LogP contribution in [0, 0.1) is 0 Å². The first-order valence-corrected chi connectivity index (χ1v) is 11.6. The van der Waals surface area contributed by atoms with Crippen LogP contribution >= 0.6 is 0 Å². The minimum atomic E-state index is -4.38. The van der Waals surface area contributed by atoms with Crippen molar-refractivity contribution in [1.29, 1.82) is 0 Å². The smallest absolute Gasteiger partial charge is 0.338 e. The van der Waals surface area contributed by atoms with Crippen molar-refractivity contribution in [1.82, 2.24) is 14.8 Å². The van der Waals surface area contributed by atoms with Crippen LogP contribution in [0.5, 0.6) is 0 Å². The summed E-state index contributed by atoms with van der Waals surface area (Å²) in [5.74, 6) is -0.648. The molecule has 2 aromatic rings. The second-order valence-corrected chi connectivity index (χ2v) is 8.53. The van der Waals surface area contributed by atoms with Gasteiger partial charge >= 0.3 is 6.18 Å². The van der Waals surface area contributed by atoms with Gasteiger partial charge in [0, 0.05) is 64.5 Å². The van der Waals surface area contributed by atoms with E-state index in [0.717, 1.165) is 24.2 Å². The van der Waals surface area contributed by atoms with Crippen molar-refractivity contribution in [2.45, 2.75) is 51.9 Å². The maximum atomic E-state index is 12.8. The van der Waals surface area contributed by atoms with E-state index in [-0.39, 0.29) is 12.5 Å². The minimum absolute atomic E-state index is 0.115. The molecule has 1 aliphatic rings. The predicted octanol–water partition coefficient (Wildman–Crippen LogP) is 4.40. The van der Waals surface area contributed by atoms with Crippen LogP contribution in [-0.2, 0) is 22.7 Å². The Balaban J connectivity index is 1.84. The number of aromatic nitrogens is 1. The molecule has 1 aromatic heterocycles. The van der Waals surface area contributed by atoms with E-state index in [0.29, 0.717) is 38.3 Å². The zero-order chi connectivity index (χ0) is 24.6. The number of anilines is 1. The third-order valence-corrected chi connectivity index (χ3v) is 5.87. The zero-order valence-electron chi connectivity index (χ0n) is 19.4. The van der Waals surface area contributed by atoms with Gasteiger partial charge in [-0.15, -0.1) is 0 Å². The summed E-state index contributed by atoms with van der Waals surface area (Å²) in [5.41, 5.74) is 2.37. The number of alkyl halides is 3. The van der Waals surface area contributed by atoms with Crippen LogP contribution in [0.2, 0.25) is 0 Å². The lowest BCUT2D eigenvalue weighted by molar-refractivity contribution is -0.149. The molecule has 2 heterocycles. The van der Waals surface area contributed by atoms with Gasteiger partial charge in [0.2, 0.25) is 11.8 Å². The van der Waals surface area contributed by atoms with Crippen molar-refractivity contribution in [3.05, 3.63) is 59.9 Å². The van der Waals surface area contributed by atoms with Crippen LogP contribution in [0.15, 0.2) is 48.7 Å². The average Bonchev–Trinajstić information content (AvgIpc) is 2.79. The first-order chi connectivity index (χ1) is 16.2. The average molecular weight is 477 g/mol. The van der Waals surface area contributed by atoms with Gasteiger partial charge in [0.05, 0.1) is 12.1 Å². The number of carbonyl (C=O) groups excluding carboxylic acids is 2. The summed E-state index contributed by atoms with van der Waals surface area (Å²) in [5, 5.41) is 0. The Labute approximate surface area is 198 Å². The summed E-state index contributed by atoms with van der Waals surface area (Å²) < 4.78 is 38.3. The molecule has 0 spiro atoms. The fourth-order valence-corrected chi connectivity index (χ4v) is 4.19. The van der Waals surface area contributed by atoms with Gasteiger partial charge in [-0.1, -0.05) is 24.3 Å². The number of rotatable bonds is 4. The van der Waals surface area contributed by atoms with Gasteiger partial charge in [-0.25, -0.2) is 0 Å². The molecule has 9 heteroatoms. The number of hydrogen-bond donors (Lipinski definition) is 0. The van der Waals surface area contributed by atoms with Crippen molar-refractivity contribution < 1.29 is 22.8 Å². The molecule has 184 valence electrons. The Kier molecular flexibility index (Phi) is 9.04. The number of nitrogens with zero attached hydrogens (tertiary/aromatic N) is 4. The monoisotopic (exact) mass is 476 g/mol. The maximum absolute atomic E-state index is 12.8. The second kappa shape index (κ2) is 12.0. The topological polar surface area (TPSA) is 56.8 Å². The Morgan fingerprint density at radius 3 is 2.35 bits per heavy atom. The molecule has 0 saturated heterocycles. The van der Waals surface area contributed by atoms with E-state index in [4.69, 9.17) is 0 Å². The highest BCUT2D eigenvalue weighted by Crippen LogP contribution is 2.26. The van der Waals surface area contributed by atoms with Crippen molar-refractivity contribution in [3.63, 3.8) is 0 Å².